The van der Waals surface area contributed by atoms with Gasteiger partial charge in [-0.05, 0) is 69.9 Å². The molecule has 0 bridgehead atoms. The Morgan fingerprint density at radius 2 is 1.64 bits per heavy atom. The van der Waals surface area contributed by atoms with Gasteiger partial charge in [-0.15, -0.1) is 0 Å². The van der Waals surface area contributed by atoms with Crippen LogP contribution in [0.1, 0.15) is 62.6 Å². The van der Waals surface area contributed by atoms with E-state index in [1.54, 1.807) is 0 Å². The van der Waals surface area contributed by atoms with Gasteiger partial charge in [-0.25, -0.2) is 4.98 Å². The van der Waals surface area contributed by atoms with Crippen LogP contribution in [0.3, 0.4) is 0 Å². The molecule has 0 radical (unpaired) electrons. The predicted octanol–water partition coefficient (Wildman–Crippen LogP) is 2.64. The van der Waals surface area contributed by atoms with Gasteiger partial charge in [-0.2, -0.15) is 4.98 Å². The zero-order valence-corrected chi connectivity index (χ0v) is 15.3. The average molecular weight is 342 g/mol. The van der Waals surface area contributed by atoms with E-state index in [1.807, 2.05) is 0 Å². The van der Waals surface area contributed by atoms with Gasteiger partial charge in [0.15, 0.2) is 0 Å². The summed E-state index contributed by atoms with van der Waals surface area (Å²) in [5.74, 6) is 3.37. The van der Waals surface area contributed by atoms with E-state index in [4.69, 9.17) is 15.7 Å². The molecule has 1 aromatic heterocycles. The lowest BCUT2D eigenvalue weighted by Gasteiger charge is -2.37. The van der Waals surface area contributed by atoms with Crippen LogP contribution in [0.5, 0.6) is 0 Å². The zero-order valence-electron chi connectivity index (χ0n) is 15.3. The van der Waals surface area contributed by atoms with E-state index in [0.29, 0.717) is 11.4 Å². The van der Waals surface area contributed by atoms with Crippen molar-refractivity contribution in [2.75, 3.05) is 36.8 Å². The van der Waals surface area contributed by atoms with Crippen LogP contribution in [0.15, 0.2) is 0 Å². The normalized spacial score (nSPS) is 31.0. The monoisotopic (exact) mass is 341 g/mol. The minimum atomic E-state index is 0.311. The van der Waals surface area contributed by atoms with Crippen molar-refractivity contribution >= 4 is 11.8 Å². The van der Waals surface area contributed by atoms with Crippen LogP contribution in [-0.4, -0.2) is 36.1 Å². The van der Waals surface area contributed by atoms with Crippen LogP contribution in [0.2, 0.25) is 0 Å². The summed E-state index contributed by atoms with van der Waals surface area (Å²) >= 11 is 0. The summed E-state index contributed by atoms with van der Waals surface area (Å²) < 4.78 is 0. The Balaban J connectivity index is 1.50. The molecule has 0 aromatic carbocycles. The maximum atomic E-state index is 6.21. The number of nitrogen functional groups attached to an aromatic ring is 1. The number of nitrogens with two attached hydrogens (primary N) is 1. The Labute approximate surface area is 150 Å². The predicted molar refractivity (Wildman–Crippen MR) is 101 cm³/mol. The molecule has 3 N–H and O–H groups in total. The number of nitrogens with zero attached hydrogens (tertiary/aromatic N) is 3. The first kappa shape index (κ1) is 15.9. The van der Waals surface area contributed by atoms with Gasteiger partial charge < -0.3 is 16.0 Å². The summed E-state index contributed by atoms with van der Waals surface area (Å²) in [6, 6.07) is 0. The van der Waals surface area contributed by atoms with Crippen molar-refractivity contribution in [3.8, 4) is 0 Å². The van der Waals surface area contributed by atoms with Gasteiger partial charge in [0.1, 0.15) is 5.82 Å². The quantitative estimate of drug-likeness (QED) is 0.822. The minimum absolute atomic E-state index is 0.311. The highest BCUT2D eigenvalue weighted by Crippen LogP contribution is 2.49. The van der Waals surface area contributed by atoms with E-state index in [-0.39, 0.29) is 0 Å². The second kappa shape index (κ2) is 6.11. The second-order valence-corrected chi connectivity index (χ2v) is 8.82. The summed E-state index contributed by atoms with van der Waals surface area (Å²) in [5.41, 5.74) is 9.29. The third kappa shape index (κ3) is 2.62. The first-order chi connectivity index (χ1) is 12.3. The van der Waals surface area contributed by atoms with Crippen LogP contribution in [0.25, 0.3) is 0 Å². The number of anilines is 2. The number of hydrogen-bond acceptors (Lipinski definition) is 5. The number of fused-ring (bicyclic) bond motifs is 3. The standard InChI is InChI=1S/C20H31N5/c21-19-23-17-16(4-3-9-20(17)7-1-2-8-20)18(24-19)25-10-5-14-12-22-13-15(14)6-11-25/h14-15,22H,1-13H2,(H2,21,23,24). The molecule has 5 rings (SSSR count). The lowest BCUT2D eigenvalue weighted by Crippen LogP contribution is -2.34. The lowest BCUT2D eigenvalue weighted by atomic mass is 9.71. The largest absolute Gasteiger partial charge is 0.368 e. The molecule has 3 fully saturated rings. The topological polar surface area (TPSA) is 67.1 Å². The van der Waals surface area contributed by atoms with Gasteiger partial charge in [-0.1, -0.05) is 12.8 Å². The van der Waals surface area contributed by atoms with Crippen LogP contribution in [-0.2, 0) is 11.8 Å². The molecule has 5 heteroatoms. The molecule has 1 aromatic rings. The molecule has 0 amide bonds. The van der Waals surface area contributed by atoms with Crippen molar-refractivity contribution in [3.63, 3.8) is 0 Å². The van der Waals surface area contributed by atoms with Gasteiger partial charge in [0, 0.05) is 24.1 Å². The molecular formula is C20H31N5. The van der Waals surface area contributed by atoms with Gasteiger partial charge >= 0.3 is 0 Å². The molecule has 2 aliphatic carbocycles. The summed E-state index contributed by atoms with van der Waals surface area (Å²) in [6.45, 7) is 4.65. The Bertz CT molecular complexity index is 638. The molecule has 2 saturated heterocycles. The van der Waals surface area contributed by atoms with E-state index < -0.39 is 0 Å². The van der Waals surface area contributed by atoms with Crippen LogP contribution >= 0.6 is 0 Å². The van der Waals surface area contributed by atoms with Gasteiger partial charge in [-0.3, -0.25) is 0 Å². The highest BCUT2D eigenvalue weighted by atomic mass is 15.2. The third-order valence-electron chi connectivity index (χ3n) is 7.47. The molecule has 4 aliphatic rings. The fourth-order valence-corrected chi connectivity index (χ4v) is 6.11. The van der Waals surface area contributed by atoms with Gasteiger partial charge in [0.2, 0.25) is 5.95 Å². The Morgan fingerprint density at radius 3 is 2.36 bits per heavy atom. The van der Waals surface area contributed by atoms with E-state index in [9.17, 15) is 0 Å². The third-order valence-corrected chi connectivity index (χ3v) is 7.47. The van der Waals surface area contributed by atoms with Crippen molar-refractivity contribution in [1.29, 1.82) is 0 Å². The molecule has 2 atom stereocenters. The van der Waals surface area contributed by atoms with Crippen molar-refractivity contribution < 1.29 is 0 Å². The summed E-state index contributed by atoms with van der Waals surface area (Å²) in [5, 5.41) is 3.57. The number of nitrogens with one attached hydrogen (secondary N) is 1. The Hall–Kier alpha value is -1.36. The molecular weight excluding hydrogens is 310 g/mol. The van der Waals surface area contributed by atoms with Crippen molar-refractivity contribution in [3.05, 3.63) is 11.3 Å². The first-order valence-corrected chi connectivity index (χ1v) is 10.4. The maximum Gasteiger partial charge on any atom is 0.222 e. The highest BCUT2D eigenvalue weighted by Gasteiger charge is 2.42. The molecule has 1 saturated carbocycles. The number of rotatable bonds is 1. The van der Waals surface area contributed by atoms with E-state index >= 15 is 0 Å². The molecule has 1 spiro atoms. The van der Waals surface area contributed by atoms with E-state index in [2.05, 4.69) is 10.2 Å². The molecule has 3 heterocycles. The number of aromatic nitrogens is 2. The average Bonchev–Trinajstić information content (AvgIpc) is 3.22. The van der Waals surface area contributed by atoms with E-state index in [1.165, 1.54) is 81.5 Å². The van der Waals surface area contributed by atoms with Gasteiger partial charge in [0.05, 0.1) is 5.69 Å². The Morgan fingerprint density at radius 1 is 0.960 bits per heavy atom. The van der Waals surface area contributed by atoms with Gasteiger partial charge in [0.25, 0.3) is 0 Å². The molecule has 2 aliphatic heterocycles. The fourth-order valence-electron chi connectivity index (χ4n) is 6.11. The lowest BCUT2D eigenvalue weighted by molar-refractivity contribution is 0.357. The van der Waals surface area contributed by atoms with Crippen molar-refractivity contribution in [2.45, 2.75) is 63.2 Å². The molecule has 5 nitrogen and oxygen atoms in total. The summed E-state index contributed by atoms with van der Waals surface area (Å²) in [4.78, 5) is 12.1. The zero-order chi connectivity index (χ0) is 16.9. The van der Waals surface area contributed by atoms with Crippen LogP contribution in [0, 0.1) is 11.8 Å². The molecule has 25 heavy (non-hydrogen) atoms. The van der Waals surface area contributed by atoms with Crippen LogP contribution < -0.4 is 16.0 Å². The molecule has 136 valence electrons. The first-order valence-electron chi connectivity index (χ1n) is 10.4. The SMILES string of the molecule is Nc1nc(N2CCC3CNCC3CC2)c2c(n1)C1(CCCC1)CCC2. The maximum absolute atomic E-state index is 6.21. The van der Waals surface area contributed by atoms with E-state index in [0.717, 1.165) is 31.3 Å². The fraction of sp³-hybridized carbons (Fsp3) is 0.800. The van der Waals surface area contributed by atoms with Crippen LogP contribution in [0.4, 0.5) is 11.8 Å². The van der Waals surface area contributed by atoms with Crippen molar-refractivity contribution in [2.24, 2.45) is 11.8 Å². The summed E-state index contributed by atoms with van der Waals surface area (Å²) in [6.07, 6.45) is 11.6. The number of hydrogen-bond donors (Lipinski definition) is 2. The smallest absolute Gasteiger partial charge is 0.222 e. The Kier molecular flexibility index (Phi) is 3.88. The highest BCUT2D eigenvalue weighted by molar-refractivity contribution is 5.55. The van der Waals surface area contributed by atoms with Crippen molar-refractivity contribution in [1.82, 2.24) is 15.3 Å². The second-order valence-electron chi connectivity index (χ2n) is 8.82. The molecule has 2 unspecified atom stereocenters. The minimum Gasteiger partial charge on any atom is -0.368 e. The summed E-state index contributed by atoms with van der Waals surface area (Å²) in [7, 11) is 0.